The molecule has 0 aliphatic heterocycles. The number of aryl methyl sites for hydroxylation is 2. The molecule has 5 nitrogen and oxygen atoms in total. The predicted octanol–water partition coefficient (Wildman–Crippen LogP) is 1.87. The van der Waals surface area contributed by atoms with Gasteiger partial charge in [-0.1, -0.05) is 13.8 Å². The van der Waals surface area contributed by atoms with Gasteiger partial charge in [-0.3, -0.25) is 5.10 Å². The number of hydrogen-bond acceptors (Lipinski definition) is 3. The zero-order valence-electron chi connectivity index (χ0n) is 10.6. The molecule has 1 N–H and O–H groups in total. The second kappa shape index (κ2) is 6.37. The van der Waals surface area contributed by atoms with E-state index in [2.05, 4.69) is 10.2 Å². The second-order valence-electron chi connectivity index (χ2n) is 3.76. The standard InChI is InChI=1S/C10H19N3O2S.ClH/c1-5-7-13(6-2)16(14,15)10-8(3)11-12-9(10)4;/h5-7H2,1-4H3,(H,11,12);1H. The third-order valence-corrected chi connectivity index (χ3v) is 4.72. The molecule has 0 fully saturated rings. The zero-order chi connectivity index (χ0) is 12.3. The maximum Gasteiger partial charge on any atom is 0.246 e. The van der Waals surface area contributed by atoms with Gasteiger partial charge in [-0.25, -0.2) is 8.42 Å². The van der Waals surface area contributed by atoms with Crippen molar-refractivity contribution in [3.63, 3.8) is 0 Å². The van der Waals surface area contributed by atoms with E-state index in [1.807, 2.05) is 13.8 Å². The lowest BCUT2D eigenvalue weighted by Gasteiger charge is -2.19. The summed E-state index contributed by atoms with van der Waals surface area (Å²) in [5.74, 6) is 0. The first-order valence-electron chi connectivity index (χ1n) is 5.46. The van der Waals surface area contributed by atoms with Crippen molar-refractivity contribution in [2.75, 3.05) is 13.1 Å². The van der Waals surface area contributed by atoms with Gasteiger partial charge in [-0.15, -0.1) is 12.4 Å². The van der Waals surface area contributed by atoms with Gasteiger partial charge in [0.25, 0.3) is 0 Å². The van der Waals surface area contributed by atoms with Gasteiger partial charge in [0.15, 0.2) is 0 Å². The Morgan fingerprint density at radius 2 is 1.88 bits per heavy atom. The molecule has 0 aromatic carbocycles. The lowest BCUT2D eigenvalue weighted by molar-refractivity contribution is 0.426. The van der Waals surface area contributed by atoms with Gasteiger partial charge in [0.1, 0.15) is 4.90 Å². The average Bonchev–Trinajstić information content (AvgIpc) is 2.55. The molecule has 0 unspecified atom stereocenters. The summed E-state index contributed by atoms with van der Waals surface area (Å²) in [6.07, 6.45) is 0.809. The normalized spacial score (nSPS) is 11.6. The molecule has 0 radical (unpaired) electrons. The summed E-state index contributed by atoms with van der Waals surface area (Å²) in [4.78, 5) is 0.322. The highest BCUT2D eigenvalue weighted by Gasteiger charge is 2.27. The molecule has 1 aromatic heterocycles. The van der Waals surface area contributed by atoms with E-state index in [9.17, 15) is 8.42 Å². The fourth-order valence-corrected chi connectivity index (χ4v) is 3.62. The van der Waals surface area contributed by atoms with Crippen LogP contribution in [0.5, 0.6) is 0 Å². The van der Waals surface area contributed by atoms with Crippen LogP contribution in [0.25, 0.3) is 0 Å². The minimum absolute atomic E-state index is 0. The van der Waals surface area contributed by atoms with Crippen LogP contribution in [0.4, 0.5) is 0 Å². The van der Waals surface area contributed by atoms with Crippen LogP contribution in [-0.4, -0.2) is 36.0 Å². The quantitative estimate of drug-likeness (QED) is 0.896. The summed E-state index contributed by atoms with van der Waals surface area (Å²) >= 11 is 0. The molecule has 1 aromatic rings. The summed E-state index contributed by atoms with van der Waals surface area (Å²) in [5.41, 5.74) is 1.14. The van der Waals surface area contributed by atoms with Crippen molar-refractivity contribution in [1.29, 1.82) is 0 Å². The lowest BCUT2D eigenvalue weighted by Crippen LogP contribution is -2.32. The van der Waals surface area contributed by atoms with Gasteiger partial charge in [-0.2, -0.15) is 9.40 Å². The second-order valence-corrected chi connectivity index (χ2v) is 5.63. The maximum absolute atomic E-state index is 12.3. The van der Waals surface area contributed by atoms with Crippen molar-refractivity contribution < 1.29 is 8.42 Å². The highest BCUT2D eigenvalue weighted by molar-refractivity contribution is 7.89. The number of H-pyrrole nitrogens is 1. The minimum Gasteiger partial charge on any atom is -0.281 e. The zero-order valence-corrected chi connectivity index (χ0v) is 12.3. The number of hydrogen-bond donors (Lipinski definition) is 1. The summed E-state index contributed by atoms with van der Waals surface area (Å²) in [6, 6.07) is 0. The van der Waals surface area contributed by atoms with E-state index in [0.29, 0.717) is 29.4 Å². The SMILES string of the molecule is CCCN(CC)S(=O)(=O)c1c(C)n[nH]c1C.Cl. The summed E-state index contributed by atoms with van der Waals surface area (Å²) in [6.45, 7) is 8.27. The molecule has 1 heterocycles. The maximum atomic E-state index is 12.3. The van der Waals surface area contributed by atoms with Crippen LogP contribution in [0.3, 0.4) is 0 Å². The number of nitrogens with zero attached hydrogens (tertiary/aromatic N) is 2. The van der Waals surface area contributed by atoms with Crippen LogP contribution in [0, 0.1) is 13.8 Å². The van der Waals surface area contributed by atoms with E-state index in [1.165, 1.54) is 4.31 Å². The van der Waals surface area contributed by atoms with Crippen LogP contribution in [0.1, 0.15) is 31.7 Å². The van der Waals surface area contributed by atoms with Gasteiger partial charge in [-0.05, 0) is 20.3 Å². The van der Waals surface area contributed by atoms with E-state index < -0.39 is 10.0 Å². The number of aromatic nitrogens is 2. The Kier molecular flexibility index (Phi) is 6.15. The van der Waals surface area contributed by atoms with E-state index in [1.54, 1.807) is 13.8 Å². The van der Waals surface area contributed by atoms with Crippen LogP contribution in [-0.2, 0) is 10.0 Å². The molecule has 17 heavy (non-hydrogen) atoms. The number of sulfonamides is 1. The smallest absolute Gasteiger partial charge is 0.246 e. The Morgan fingerprint density at radius 3 is 2.24 bits per heavy atom. The monoisotopic (exact) mass is 281 g/mol. The molecule has 0 saturated carbocycles. The molecule has 0 bridgehead atoms. The Bertz CT molecular complexity index is 437. The molecule has 0 amide bonds. The van der Waals surface area contributed by atoms with Gasteiger partial charge in [0.2, 0.25) is 10.0 Å². The molecule has 0 spiro atoms. The van der Waals surface area contributed by atoms with E-state index >= 15 is 0 Å². The highest BCUT2D eigenvalue weighted by atomic mass is 35.5. The van der Waals surface area contributed by atoms with Crippen LogP contribution < -0.4 is 0 Å². The molecule has 100 valence electrons. The van der Waals surface area contributed by atoms with Crippen LogP contribution >= 0.6 is 12.4 Å². The van der Waals surface area contributed by atoms with Crippen molar-refractivity contribution in [3.8, 4) is 0 Å². The molecular weight excluding hydrogens is 262 g/mol. The summed E-state index contributed by atoms with van der Waals surface area (Å²) < 4.78 is 26.1. The first-order chi connectivity index (χ1) is 7.45. The number of aromatic amines is 1. The molecular formula is C10H20ClN3O2S. The number of halogens is 1. The molecule has 1 rings (SSSR count). The summed E-state index contributed by atoms with van der Waals surface area (Å²) in [7, 11) is -3.39. The predicted molar refractivity (Wildman–Crippen MR) is 70.0 cm³/mol. The first-order valence-corrected chi connectivity index (χ1v) is 6.90. The van der Waals surface area contributed by atoms with E-state index in [0.717, 1.165) is 6.42 Å². The van der Waals surface area contributed by atoms with Crippen molar-refractivity contribution in [2.45, 2.75) is 39.0 Å². The average molecular weight is 282 g/mol. The Hall–Kier alpha value is -0.590. The third-order valence-electron chi connectivity index (χ3n) is 2.48. The summed E-state index contributed by atoms with van der Waals surface area (Å²) in [5, 5.41) is 6.64. The highest BCUT2D eigenvalue weighted by Crippen LogP contribution is 2.21. The molecule has 0 atom stereocenters. The Labute approximate surface area is 109 Å². The van der Waals surface area contributed by atoms with Crippen LogP contribution in [0.2, 0.25) is 0 Å². The van der Waals surface area contributed by atoms with Gasteiger partial charge < -0.3 is 0 Å². The fourth-order valence-electron chi connectivity index (χ4n) is 1.75. The van der Waals surface area contributed by atoms with Gasteiger partial charge in [0, 0.05) is 13.1 Å². The molecule has 0 aliphatic rings. The Morgan fingerprint density at radius 1 is 1.29 bits per heavy atom. The fraction of sp³-hybridized carbons (Fsp3) is 0.700. The van der Waals surface area contributed by atoms with Gasteiger partial charge in [0.05, 0.1) is 11.4 Å². The third kappa shape index (κ3) is 3.20. The van der Waals surface area contributed by atoms with Crippen molar-refractivity contribution >= 4 is 22.4 Å². The largest absolute Gasteiger partial charge is 0.281 e. The number of rotatable bonds is 5. The Balaban J connectivity index is 0.00000256. The molecule has 7 heteroatoms. The number of nitrogens with one attached hydrogen (secondary N) is 1. The minimum atomic E-state index is -3.39. The molecule has 0 saturated heterocycles. The van der Waals surface area contributed by atoms with E-state index in [-0.39, 0.29) is 12.4 Å². The van der Waals surface area contributed by atoms with Crippen molar-refractivity contribution in [3.05, 3.63) is 11.4 Å². The lowest BCUT2D eigenvalue weighted by atomic mass is 10.4. The molecule has 0 aliphatic carbocycles. The van der Waals surface area contributed by atoms with E-state index in [4.69, 9.17) is 0 Å². The van der Waals surface area contributed by atoms with Gasteiger partial charge >= 0.3 is 0 Å². The topological polar surface area (TPSA) is 66.1 Å². The van der Waals surface area contributed by atoms with Crippen molar-refractivity contribution in [2.24, 2.45) is 0 Å². The van der Waals surface area contributed by atoms with Crippen molar-refractivity contribution in [1.82, 2.24) is 14.5 Å². The van der Waals surface area contributed by atoms with Crippen LogP contribution in [0.15, 0.2) is 4.90 Å². The first kappa shape index (κ1) is 16.4.